The SMILES string of the molecule is O=C(c1ccc(N2CCOCC2)c([N+](=O)[O-])c1)N1CCN(c2ccc([N+](=O)[O-])c(N3CCOCC3)c2)CC1. The Labute approximate surface area is 219 Å². The van der Waals surface area contributed by atoms with Crippen molar-refractivity contribution in [3.8, 4) is 0 Å². The highest BCUT2D eigenvalue weighted by atomic mass is 16.6. The summed E-state index contributed by atoms with van der Waals surface area (Å²) < 4.78 is 10.7. The van der Waals surface area contributed by atoms with Crippen molar-refractivity contribution in [2.75, 3.05) is 93.5 Å². The van der Waals surface area contributed by atoms with E-state index in [2.05, 4.69) is 4.90 Å². The van der Waals surface area contributed by atoms with Crippen LogP contribution < -0.4 is 14.7 Å². The van der Waals surface area contributed by atoms with Crippen LogP contribution in [0.4, 0.5) is 28.4 Å². The lowest BCUT2D eigenvalue weighted by Crippen LogP contribution is -2.48. The molecule has 13 heteroatoms. The Morgan fingerprint density at radius 2 is 1.24 bits per heavy atom. The van der Waals surface area contributed by atoms with Gasteiger partial charge in [0.05, 0.1) is 36.3 Å². The molecule has 3 aliphatic rings. The van der Waals surface area contributed by atoms with Gasteiger partial charge in [-0.15, -0.1) is 0 Å². The van der Waals surface area contributed by atoms with Crippen molar-refractivity contribution in [2.45, 2.75) is 0 Å². The summed E-state index contributed by atoms with van der Waals surface area (Å²) in [5.74, 6) is -0.251. The summed E-state index contributed by atoms with van der Waals surface area (Å²) in [5, 5.41) is 23.4. The first-order valence-electron chi connectivity index (χ1n) is 12.7. The first-order valence-corrected chi connectivity index (χ1v) is 12.7. The fourth-order valence-electron chi connectivity index (χ4n) is 5.15. The summed E-state index contributed by atoms with van der Waals surface area (Å²) in [7, 11) is 0. The van der Waals surface area contributed by atoms with E-state index in [1.54, 1.807) is 23.1 Å². The molecule has 0 saturated carbocycles. The van der Waals surface area contributed by atoms with Gasteiger partial charge in [0.25, 0.3) is 17.3 Å². The smallest absolute Gasteiger partial charge is 0.293 e. The van der Waals surface area contributed by atoms with Gasteiger partial charge in [-0.1, -0.05) is 0 Å². The maximum atomic E-state index is 13.2. The maximum absolute atomic E-state index is 13.2. The lowest BCUT2D eigenvalue weighted by molar-refractivity contribution is -0.384. The Morgan fingerprint density at radius 1 is 0.658 bits per heavy atom. The number of ether oxygens (including phenoxy) is 2. The molecule has 3 fully saturated rings. The lowest BCUT2D eigenvalue weighted by atomic mass is 10.1. The van der Waals surface area contributed by atoms with Crippen LogP contribution in [0.3, 0.4) is 0 Å². The lowest BCUT2D eigenvalue weighted by Gasteiger charge is -2.37. The second-order valence-electron chi connectivity index (χ2n) is 9.37. The van der Waals surface area contributed by atoms with Crippen LogP contribution in [0.1, 0.15) is 10.4 Å². The zero-order valence-electron chi connectivity index (χ0n) is 21.0. The second kappa shape index (κ2) is 11.2. The molecule has 13 nitrogen and oxygen atoms in total. The van der Waals surface area contributed by atoms with Crippen LogP contribution in [0.25, 0.3) is 0 Å². The number of piperazine rings is 1. The predicted octanol–water partition coefficient (Wildman–Crippen LogP) is 2.14. The highest BCUT2D eigenvalue weighted by Crippen LogP contribution is 2.34. The number of carbonyl (C=O) groups excluding carboxylic acids is 1. The molecule has 0 unspecified atom stereocenters. The Hall–Kier alpha value is -3.97. The molecule has 0 spiro atoms. The number of nitro groups is 2. The fraction of sp³-hybridized carbons (Fsp3) is 0.480. The van der Waals surface area contributed by atoms with Crippen molar-refractivity contribution in [2.24, 2.45) is 0 Å². The Morgan fingerprint density at radius 3 is 1.82 bits per heavy atom. The van der Waals surface area contributed by atoms with Gasteiger partial charge >= 0.3 is 0 Å². The minimum absolute atomic E-state index is 0.0617. The van der Waals surface area contributed by atoms with Gasteiger partial charge in [-0.3, -0.25) is 25.0 Å². The van der Waals surface area contributed by atoms with Crippen LogP contribution in [0.2, 0.25) is 0 Å². The Kier molecular flexibility index (Phi) is 7.56. The standard InChI is InChI=1S/C25H30N6O7/c32-25(19-1-3-21(24(17-19)31(35)36)27-9-13-37-14-10-27)29-7-5-26(6-8-29)20-2-4-22(30(33)34)23(18-20)28-11-15-38-16-12-28/h1-4,17-18H,5-16H2. The molecule has 2 aromatic carbocycles. The van der Waals surface area contributed by atoms with Crippen LogP contribution in [0.5, 0.6) is 0 Å². The van der Waals surface area contributed by atoms with E-state index in [0.717, 1.165) is 5.69 Å². The number of nitrogens with zero attached hydrogens (tertiary/aromatic N) is 6. The number of hydrogen-bond donors (Lipinski definition) is 0. The number of morpholine rings is 2. The average molecular weight is 527 g/mol. The molecule has 0 bridgehead atoms. The van der Waals surface area contributed by atoms with E-state index in [1.165, 1.54) is 12.1 Å². The third-order valence-corrected chi connectivity index (χ3v) is 7.21. The van der Waals surface area contributed by atoms with Crippen molar-refractivity contribution in [1.29, 1.82) is 0 Å². The number of rotatable bonds is 6. The molecular formula is C25H30N6O7. The monoisotopic (exact) mass is 526 g/mol. The molecule has 2 aromatic rings. The summed E-state index contributed by atoms with van der Waals surface area (Å²) >= 11 is 0. The van der Waals surface area contributed by atoms with Crippen molar-refractivity contribution in [3.63, 3.8) is 0 Å². The first-order chi connectivity index (χ1) is 18.4. The molecule has 0 aromatic heterocycles. The van der Waals surface area contributed by atoms with E-state index in [-0.39, 0.29) is 27.8 Å². The zero-order valence-corrected chi connectivity index (χ0v) is 21.0. The van der Waals surface area contributed by atoms with E-state index < -0.39 is 4.92 Å². The molecule has 0 radical (unpaired) electrons. The van der Waals surface area contributed by atoms with E-state index in [4.69, 9.17) is 9.47 Å². The van der Waals surface area contributed by atoms with Gasteiger partial charge in [0.1, 0.15) is 11.4 Å². The van der Waals surface area contributed by atoms with Gasteiger partial charge in [0.15, 0.2) is 0 Å². The second-order valence-corrected chi connectivity index (χ2v) is 9.37. The van der Waals surface area contributed by atoms with Crippen LogP contribution in [-0.2, 0) is 9.47 Å². The first kappa shape index (κ1) is 25.7. The number of benzene rings is 2. The van der Waals surface area contributed by atoms with Gasteiger partial charge in [-0.25, -0.2) is 0 Å². The van der Waals surface area contributed by atoms with E-state index in [9.17, 15) is 25.0 Å². The van der Waals surface area contributed by atoms with E-state index >= 15 is 0 Å². The minimum atomic E-state index is -0.444. The molecule has 3 aliphatic heterocycles. The maximum Gasteiger partial charge on any atom is 0.293 e. The normalized spacial score (nSPS) is 18.4. The molecule has 5 rings (SSSR count). The van der Waals surface area contributed by atoms with Crippen molar-refractivity contribution in [1.82, 2.24) is 4.90 Å². The summed E-state index contributed by atoms with van der Waals surface area (Å²) in [6.45, 7) is 6.30. The van der Waals surface area contributed by atoms with Crippen molar-refractivity contribution >= 4 is 34.3 Å². The molecular weight excluding hydrogens is 496 g/mol. The number of carbonyl (C=O) groups is 1. The van der Waals surface area contributed by atoms with Gasteiger partial charge < -0.3 is 29.1 Å². The summed E-state index contributed by atoms with van der Waals surface area (Å²) in [4.78, 5) is 43.5. The molecule has 38 heavy (non-hydrogen) atoms. The van der Waals surface area contributed by atoms with E-state index in [1.807, 2.05) is 15.9 Å². The van der Waals surface area contributed by atoms with Gasteiger partial charge in [-0.05, 0) is 24.3 Å². The minimum Gasteiger partial charge on any atom is -0.378 e. The van der Waals surface area contributed by atoms with Crippen LogP contribution in [0.15, 0.2) is 36.4 Å². The van der Waals surface area contributed by atoms with Gasteiger partial charge in [-0.2, -0.15) is 0 Å². The molecule has 0 atom stereocenters. The Bertz CT molecular complexity index is 1200. The molecule has 0 N–H and O–H groups in total. The van der Waals surface area contributed by atoms with Crippen molar-refractivity contribution in [3.05, 3.63) is 62.2 Å². The summed E-state index contributed by atoms with van der Waals surface area (Å²) in [6.07, 6.45) is 0. The topological polar surface area (TPSA) is 135 Å². The quantitative estimate of drug-likeness (QED) is 0.407. The molecule has 202 valence electrons. The fourth-order valence-corrected chi connectivity index (χ4v) is 5.15. The number of nitro benzene ring substituents is 2. The molecule has 3 saturated heterocycles. The van der Waals surface area contributed by atoms with Crippen LogP contribution in [-0.4, -0.2) is 99.4 Å². The van der Waals surface area contributed by atoms with Crippen LogP contribution >= 0.6 is 0 Å². The van der Waals surface area contributed by atoms with E-state index in [0.29, 0.717) is 90.2 Å². The Balaban J connectivity index is 1.28. The number of amides is 1. The van der Waals surface area contributed by atoms with Gasteiger partial charge in [0.2, 0.25) is 0 Å². The summed E-state index contributed by atoms with van der Waals surface area (Å²) in [5.41, 5.74) is 2.18. The third-order valence-electron chi connectivity index (χ3n) is 7.21. The average Bonchev–Trinajstić information content (AvgIpc) is 2.97. The van der Waals surface area contributed by atoms with Crippen LogP contribution in [0, 0.1) is 20.2 Å². The summed E-state index contributed by atoms with van der Waals surface area (Å²) in [6, 6.07) is 9.79. The van der Waals surface area contributed by atoms with Gasteiger partial charge in [0, 0.05) is 75.7 Å². The molecule has 3 heterocycles. The number of hydrogen-bond acceptors (Lipinski definition) is 10. The zero-order chi connectivity index (χ0) is 26.6. The van der Waals surface area contributed by atoms with Crippen molar-refractivity contribution < 1.29 is 24.1 Å². The molecule has 1 amide bonds. The largest absolute Gasteiger partial charge is 0.378 e. The third kappa shape index (κ3) is 5.34. The highest BCUT2D eigenvalue weighted by Gasteiger charge is 2.28. The number of anilines is 3. The highest BCUT2D eigenvalue weighted by molar-refractivity contribution is 5.96. The predicted molar refractivity (Wildman–Crippen MR) is 140 cm³/mol. The molecule has 0 aliphatic carbocycles.